The Kier molecular flexibility index (Phi) is 4.74. The highest BCUT2D eigenvalue weighted by Crippen LogP contribution is 2.27. The van der Waals surface area contributed by atoms with Crippen LogP contribution in [0.3, 0.4) is 0 Å². The summed E-state index contributed by atoms with van der Waals surface area (Å²) < 4.78 is 62.4. The third-order valence-corrected chi connectivity index (χ3v) is 7.83. The molecule has 0 aliphatic carbocycles. The van der Waals surface area contributed by atoms with Gasteiger partial charge in [0.2, 0.25) is 0 Å². The van der Waals surface area contributed by atoms with Gasteiger partial charge < -0.3 is 5.32 Å². The van der Waals surface area contributed by atoms with E-state index in [9.17, 15) is 21.2 Å². The molecule has 0 radical (unpaired) electrons. The SMILES string of the molecule is C=CCN[C@H]1CS(=O)(=O)C[C@@H]1S(=O)(=O)c1ccc(F)c(C)c1. The first-order valence-electron chi connectivity index (χ1n) is 6.72. The van der Waals surface area contributed by atoms with Crippen LogP contribution < -0.4 is 5.32 Å². The van der Waals surface area contributed by atoms with Crippen LogP contribution in [0.1, 0.15) is 5.56 Å². The molecule has 1 aromatic rings. The number of hydrogen-bond acceptors (Lipinski definition) is 5. The average molecular weight is 347 g/mol. The van der Waals surface area contributed by atoms with Gasteiger partial charge in [-0.15, -0.1) is 6.58 Å². The Morgan fingerprint density at radius 3 is 2.68 bits per heavy atom. The van der Waals surface area contributed by atoms with Crippen LogP contribution in [0.25, 0.3) is 0 Å². The molecule has 1 heterocycles. The van der Waals surface area contributed by atoms with Crippen molar-refractivity contribution >= 4 is 19.7 Å². The molecule has 2 rings (SSSR count). The van der Waals surface area contributed by atoms with Gasteiger partial charge in [0.1, 0.15) is 5.82 Å². The lowest BCUT2D eigenvalue weighted by Gasteiger charge is -2.19. The summed E-state index contributed by atoms with van der Waals surface area (Å²) in [5.74, 6) is -1.16. The monoisotopic (exact) mass is 347 g/mol. The fourth-order valence-corrected chi connectivity index (χ4v) is 7.32. The predicted molar refractivity (Wildman–Crippen MR) is 82.8 cm³/mol. The van der Waals surface area contributed by atoms with E-state index in [1.807, 2.05) is 0 Å². The molecule has 0 aromatic heterocycles. The molecule has 0 unspecified atom stereocenters. The van der Waals surface area contributed by atoms with Crippen LogP contribution in [0.4, 0.5) is 4.39 Å². The third-order valence-electron chi connectivity index (χ3n) is 3.68. The lowest BCUT2D eigenvalue weighted by molar-refractivity contribution is 0.543. The van der Waals surface area contributed by atoms with Crippen LogP contribution in [0.2, 0.25) is 0 Å². The summed E-state index contributed by atoms with van der Waals surface area (Å²) >= 11 is 0. The van der Waals surface area contributed by atoms with Gasteiger partial charge in [0.05, 0.1) is 21.7 Å². The van der Waals surface area contributed by atoms with Crippen LogP contribution in [-0.2, 0) is 19.7 Å². The zero-order valence-electron chi connectivity index (χ0n) is 12.1. The van der Waals surface area contributed by atoms with Gasteiger partial charge in [0.25, 0.3) is 0 Å². The Labute approximate surface area is 130 Å². The largest absolute Gasteiger partial charge is 0.308 e. The van der Waals surface area contributed by atoms with Crippen molar-refractivity contribution in [1.82, 2.24) is 5.32 Å². The minimum atomic E-state index is -3.87. The Hall–Kier alpha value is -1.25. The van der Waals surface area contributed by atoms with Crippen molar-refractivity contribution < 1.29 is 21.2 Å². The van der Waals surface area contributed by atoms with Crippen LogP contribution in [0, 0.1) is 12.7 Å². The maximum Gasteiger partial charge on any atom is 0.183 e. The molecule has 1 aliphatic rings. The summed E-state index contributed by atoms with van der Waals surface area (Å²) in [6, 6.07) is 2.80. The summed E-state index contributed by atoms with van der Waals surface area (Å²) in [4.78, 5) is -0.0566. The van der Waals surface area contributed by atoms with Gasteiger partial charge in [-0.2, -0.15) is 0 Å². The normalized spacial score (nSPS) is 24.3. The fraction of sp³-hybridized carbons (Fsp3) is 0.429. The molecule has 122 valence electrons. The highest BCUT2D eigenvalue weighted by molar-refractivity contribution is 7.96. The number of nitrogens with one attached hydrogen (secondary N) is 1. The predicted octanol–water partition coefficient (Wildman–Crippen LogP) is 0.849. The highest BCUT2D eigenvalue weighted by atomic mass is 32.2. The quantitative estimate of drug-likeness (QED) is 0.631. The van der Waals surface area contributed by atoms with E-state index < -0.39 is 42.5 Å². The molecule has 1 saturated heterocycles. The smallest absolute Gasteiger partial charge is 0.183 e. The van der Waals surface area contributed by atoms with E-state index in [1.165, 1.54) is 25.1 Å². The number of benzene rings is 1. The topological polar surface area (TPSA) is 80.3 Å². The molecule has 1 N–H and O–H groups in total. The molecule has 22 heavy (non-hydrogen) atoms. The molecule has 1 aliphatic heterocycles. The summed E-state index contributed by atoms with van der Waals surface area (Å²) in [5.41, 5.74) is 0.206. The second kappa shape index (κ2) is 6.10. The zero-order chi connectivity index (χ0) is 16.5. The van der Waals surface area contributed by atoms with E-state index in [0.717, 1.165) is 6.07 Å². The first kappa shape index (κ1) is 17.1. The van der Waals surface area contributed by atoms with Crippen LogP contribution in [-0.4, -0.2) is 46.2 Å². The Morgan fingerprint density at radius 1 is 1.41 bits per heavy atom. The number of halogens is 1. The van der Waals surface area contributed by atoms with Crippen molar-refractivity contribution in [3.63, 3.8) is 0 Å². The molecule has 2 atom stereocenters. The summed E-state index contributed by atoms with van der Waals surface area (Å²) in [5, 5.41) is 1.81. The summed E-state index contributed by atoms with van der Waals surface area (Å²) in [6.07, 6.45) is 1.54. The van der Waals surface area contributed by atoms with Crippen LogP contribution >= 0.6 is 0 Å². The second-order valence-electron chi connectivity index (χ2n) is 5.37. The lowest BCUT2D eigenvalue weighted by atomic mass is 10.2. The maximum absolute atomic E-state index is 13.3. The molecular formula is C14H18FNO4S2. The van der Waals surface area contributed by atoms with Crippen LogP contribution in [0.15, 0.2) is 35.7 Å². The van der Waals surface area contributed by atoms with Crippen LogP contribution in [0.5, 0.6) is 0 Å². The van der Waals surface area contributed by atoms with Gasteiger partial charge >= 0.3 is 0 Å². The van der Waals surface area contributed by atoms with E-state index in [4.69, 9.17) is 0 Å². The lowest BCUT2D eigenvalue weighted by Crippen LogP contribution is -2.43. The number of aryl methyl sites for hydroxylation is 1. The standard InChI is InChI=1S/C14H18FNO4S2/c1-3-6-16-13-8-21(17,18)9-14(13)22(19,20)11-4-5-12(15)10(2)7-11/h3-5,7,13-14,16H,1,6,8-9H2,2H3/t13-,14-/m0/s1. The Bertz CT molecular complexity index is 787. The zero-order valence-corrected chi connectivity index (χ0v) is 13.8. The van der Waals surface area contributed by atoms with E-state index in [-0.39, 0.29) is 16.2 Å². The summed E-state index contributed by atoms with van der Waals surface area (Å²) in [7, 11) is -7.31. The molecule has 0 amide bonds. The maximum atomic E-state index is 13.3. The van der Waals surface area contributed by atoms with Crippen molar-refractivity contribution in [3.05, 3.63) is 42.2 Å². The number of hydrogen-bond donors (Lipinski definition) is 1. The van der Waals surface area contributed by atoms with E-state index in [2.05, 4.69) is 11.9 Å². The highest BCUT2D eigenvalue weighted by Gasteiger charge is 2.45. The molecule has 0 saturated carbocycles. The van der Waals surface area contributed by atoms with Gasteiger partial charge in [-0.1, -0.05) is 6.08 Å². The number of rotatable bonds is 5. The summed E-state index contributed by atoms with van der Waals surface area (Å²) in [6.45, 7) is 5.30. The van der Waals surface area contributed by atoms with Gasteiger partial charge in [-0.25, -0.2) is 21.2 Å². The van der Waals surface area contributed by atoms with Crippen molar-refractivity contribution in [3.8, 4) is 0 Å². The third kappa shape index (κ3) is 3.39. The van der Waals surface area contributed by atoms with Crippen molar-refractivity contribution in [2.24, 2.45) is 0 Å². The van der Waals surface area contributed by atoms with E-state index in [1.54, 1.807) is 0 Å². The molecule has 1 aromatic carbocycles. The Morgan fingerprint density at radius 2 is 2.09 bits per heavy atom. The minimum absolute atomic E-state index is 0.0566. The minimum Gasteiger partial charge on any atom is -0.308 e. The Balaban J connectivity index is 2.41. The van der Waals surface area contributed by atoms with E-state index >= 15 is 0 Å². The van der Waals surface area contributed by atoms with Crippen molar-refractivity contribution in [2.45, 2.75) is 23.1 Å². The molecule has 8 heteroatoms. The first-order valence-corrected chi connectivity index (χ1v) is 10.1. The number of sulfone groups is 2. The molecule has 0 spiro atoms. The fourth-order valence-electron chi connectivity index (χ4n) is 2.52. The second-order valence-corrected chi connectivity index (χ2v) is 9.70. The van der Waals surface area contributed by atoms with Crippen molar-refractivity contribution in [1.29, 1.82) is 0 Å². The van der Waals surface area contributed by atoms with Gasteiger partial charge in [-0.05, 0) is 30.7 Å². The van der Waals surface area contributed by atoms with Crippen molar-refractivity contribution in [2.75, 3.05) is 18.1 Å². The van der Waals surface area contributed by atoms with Gasteiger partial charge in [-0.3, -0.25) is 0 Å². The molecule has 5 nitrogen and oxygen atoms in total. The van der Waals surface area contributed by atoms with Gasteiger partial charge in [0.15, 0.2) is 19.7 Å². The molecular weight excluding hydrogens is 329 g/mol. The van der Waals surface area contributed by atoms with Gasteiger partial charge in [0, 0.05) is 12.6 Å². The first-order chi connectivity index (χ1) is 10.2. The average Bonchev–Trinajstić information content (AvgIpc) is 2.75. The molecule has 0 bridgehead atoms. The molecule has 1 fully saturated rings. The van der Waals surface area contributed by atoms with E-state index in [0.29, 0.717) is 6.54 Å².